The van der Waals surface area contributed by atoms with Crippen LogP contribution in [0.25, 0.3) is 0 Å². The van der Waals surface area contributed by atoms with Crippen LogP contribution in [0.3, 0.4) is 0 Å². The molecule has 2 heterocycles. The van der Waals surface area contributed by atoms with Crippen molar-refractivity contribution in [3.8, 4) is 0 Å². The highest BCUT2D eigenvalue weighted by molar-refractivity contribution is 9.11. The van der Waals surface area contributed by atoms with Gasteiger partial charge in [-0.05, 0) is 47.8 Å². The first kappa shape index (κ1) is 13.5. The number of halogens is 1. The average molecular weight is 338 g/mol. The van der Waals surface area contributed by atoms with E-state index in [9.17, 15) is 8.42 Å². The quantitative estimate of drug-likeness (QED) is 0.828. The summed E-state index contributed by atoms with van der Waals surface area (Å²) in [4.78, 5) is 0. The Labute approximate surface area is 115 Å². The van der Waals surface area contributed by atoms with Crippen LogP contribution in [0.5, 0.6) is 0 Å². The van der Waals surface area contributed by atoms with E-state index < -0.39 is 10.0 Å². The first-order valence-corrected chi connectivity index (χ1v) is 8.84. The van der Waals surface area contributed by atoms with Crippen LogP contribution < -0.4 is 0 Å². The SMILES string of the molecule is CC1CCCCCN1S(=O)(=O)c1ccc(Br)s1. The van der Waals surface area contributed by atoms with E-state index in [2.05, 4.69) is 15.9 Å². The molecule has 3 nitrogen and oxygen atoms in total. The Bertz CT molecular complexity index is 483. The van der Waals surface area contributed by atoms with Crippen LogP contribution in [0.4, 0.5) is 0 Å². The molecule has 1 saturated heterocycles. The predicted molar refractivity (Wildman–Crippen MR) is 73.8 cm³/mol. The summed E-state index contributed by atoms with van der Waals surface area (Å²) in [5.41, 5.74) is 0. The maximum Gasteiger partial charge on any atom is 0.252 e. The number of nitrogens with zero attached hydrogens (tertiary/aromatic N) is 1. The molecule has 0 amide bonds. The van der Waals surface area contributed by atoms with Gasteiger partial charge in [-0.25, -0.2) is 8.42 Å². The summed E-state index contributed by atoms with van der Waals surface area (Å²) < 4.78 is 27.9. The second-order valence-corrected chi connectivity index (χ2v) is 8.95. The summed E-state index contributed by atoms with van der Waals surface area (Å²) >= 11 is 4.60. The van der Waals surface area contributed by atoms with Crippen LogP contribution in [-0.4, -0.2) is 25.3 Å². The molecule has 1 aliphatic rings. The van der Waals surface area contributed by atoms with E-state index in [-0.39, 0.29) is 6.04 Å². The molecule has 0 aromatic carbocycles. The fourth-order valence-corrected chi connectivity index (χ4v) is 6.00. The zero-order valence-electron chi connectivity index (χ0n) is 9.73. The molecule has 1 aromatic heterocycles. The maximum absolute atomic E-state index is 12.5. The minimum Gasteiger partial charge on any atom is -0.206 e. The largest absolute Gasteiger partial charge is 0.252 e. The minimum absolute atomic E-state index is 0.114. The summed E-state index contributed by atoms with van der Waals surface area (Å²) in [6.45, 7) is 2.66. The van der Waals surface area contributed by atoms with E-state index in [4.69, 9.17) is 0 Å². The highest BCUT2D eigenvalue weighted by Gasteiger charge is 2.30. The van der Waals surface area contributed by atoms with Gasteiger partial charge in [0, 0.05) is 12.6 Å². The molecule has 1 aliphatic heterocycles. The lowest BCUT2D eigenvalue weighted by Gasteiger charge is -2.25. The first-order valence-electron chi connectivity index (χ1n) is 5.79. The van der Waals surface area contributed by atoms with Crippen LogP contribution >= 0.6 is 27.3 Å². The Morgan fingerprint density at radius 3 is 2.76 bits per heavy atom. The fraction of sp³-hybridized carbons (Fsp3) is 0.636. The van der Waals surface area contributed by atoms with Crippen molar-refractivity contribution in [2.45, 2.75) is 42.9 Å². The van der Waals surface area contributed by atoms with Crippen molar-refractivity contribution in [3.63, 3.8) is 0 Å². The van der Waals surface area contributed by atoms with Gasteiger partial charge >= 0.3 is 0 Å². The summed E-state index contributed by atoms with van der Waals surface area (Å²) in [6.07, 6.45) is 4.19. The molecular weight excluding hydrogens is 322 g/mol. The Morgan fingerprint density at radius 2 is 2.12 bits per heavy atom. The monoisotopic (exact) mass is 337 g/mol. The Hall–Kier alpha value is 0.0900. The molecule has 96 valence electrons. The Morgan fingerprint density at radius 1 is 1.35 bits per heavy atom. The van der Waals surface area contributed by atoms with Crippen molar-refractivity contribution >= 4 is 37.3 Å². The van der Waals surface area contributed by atoms with Crippen molar-refractivity contribution in [2.75, 3.05) is 6.54 Å². The number of hydrogen-bond acceptors (Lipinski definition) is 3. The van der Waals surface area contributed by atoms with E-state index in [1.165, 1.54) is 11.3 Å². The van der Waals surface area contributed by atoms with Gasteiger partial charge < -0.3 is 0 Å². The van der Waals surface area contributed by atoms with Gasteiger partial charge in [-0.3, -0.25) is 0 Å². The molecule has 6 heteroatoms. The predicted octanol–water partition coefficient (Wildman–Crippen LogP) is 3.46. The summed E-state index contributed by atoms with van der Waals surface area (Å²) in [7, 11) is -3.29. The van der Waals surface area contributed by atoms with Crippen molar-refractivity contribution in [2.24, 2.45) is 0 Å². The van der Waals surface area contributed by atoms with E-state index in [0.717, 1.165) is 29.5 Å². The summed E-state index contributed by atoms with van der Waals surface area (Å²) in [6, 6.07) is 3.59. The maximum atomic E-state index is 12.5. The second-order valence-electron chi connectivity index (χ2n) is 4.37. The highest BCUT2D eigenvalue weighted by Crippen LogP contribution is 2.31. The number of thiophene rings is 1. The van der Waals surface area contributed by atoms with Gasteiger partial charge in [0.2, 0.25) is 0 Å². The molecule has 2 rings (SSSR count). The molecule has 1 fully saturated rings. The summed E-state index contributed by atoms with van der Waals surface area (Å²) in [5, 5.41) is 0. The zero-order valence-corrected chi connectivity index (χ0v) is 12.9. The summed E-state index contributed by atoms with van der Waals surface area (Å²) in [5.74, 6) is 0. The lowest BCUT2D eigenvalue weighted by atomic mass is 10.1. The van der Waals surface area contributed by atoms with Gasteiger partial charge in [0.15, 0.2) is 0 Å². The highest BCUT2D eigenvalue weighted by atomic mass is 79.9. The molecule has 0 saturated carbocycles. The third-order valence-electron chi connectivity index (χ3n) is 3.10. The van der Waals surface area contributed by atoms with E-state index in [1.54, 1.807) is 16.4 Å². The van der Waals surface area contributed by atoms with Crippen LogP contribution in [0.1, 0.15) is 32.6 Å². The lowest BCUT2D eigenvalue weighted by Crippen LogP contribution is -2.37. The normalized spacial score (nSPS) is 23.5. The Balaban J connectivity index is 2.30. The number of rotatable bonds is 2. The number of hydrogen-bond donors (Lipinski definition) is 0. The molecule has 0 spiro atoms. The van der Waals surface area contributed by atoms with E-state index in [1.807, 2.05) is 6.92 Å². The smallest absolute Gasteiger partial charge is 0.206 e. The second kappa shape index (κ2) is 5.38. The van der Waals surface area contributed by atoms with E-state index in [0.29, 0.717) is 10.8 Å². The number of sulfonamides is 1. The van der Waals surface area contributed by atoms with Crippen LogP contribution in [-0.2, 0) is 10.0 Å². The standard InChI is InChI=1S/C11H16BrNO2S2/c1-9-5-3-2-4-8-13(9)17(14,15)11-7-6-10(12)16-11/h6-7,9H,2-5,8H2,1H3. The third kappa shape index (κ3) is 2.92. The minimum atomic E-state index is -3.29. The van der Waals surface area contributed by atoms with Crippen LogP contribution in [0, 0.1) is 0 Å². The topological polar surface area (TPSA) is 37.4 Å². The third-order valence-corrected chi connectivity index (χ3v) is 7.21. The first-order chi connectivity index (χ1) is 8.01. The van der Waals surface area contributed by atoms with Crippen molar-refractivity contribution in [1.82, 2.24) is 4.31 Å². The molecular formula is C11H16BrNO2S2. The zero-order chi connectivity index (χ0) is 12.5. The molecule has 1 atom stereocenters. The van der Waals surface area contributed by atoms with Crippen molar-refractivity contribution in [3.05, 3.63) is 15.9 Å². The lowest BCUT2D eigenvalue weighted by molar-refractivity contribution is 0.343. The van der Waals surface area contributed by atoms with Crippen LogP contribution in [0.15, 0.2) is 20.1 Å². The molecule has 0 radical (unpaired) electrons. The van der Waals surface area contributed by atoms with Crippen molar-refractivity contribution in [1.29, 1.82) is 0 Å². The van der Waals surface area contributed by atoms with Gasteiger partial charge in [0.1, 0.15) is 4.21 Å². The van der Waals surface area contributed by atoms with Crippen molar-refractivity contribution < 1.29 is 8.42 Å². The fourth-order valence-electron chi connectivity index (χ4n) is 2.16. The molecule has 0 aliphatic carbocycles. The van der Waals surface area contributed by atoms with E-state index >= 15 is 0 Å². The Kier molecular flexibility index (Phi) is 4.28. The molecule has 17 heavy (non-hydrogen) atoms. The van der Waals surface area contributed by atoms with Gasteiger partial charge in [-0.1, -0.05) is 12.8 Å². The average Bonchev–Trinajstić information content (AvgIpc) is 2.58. The van der Waals surface area contributed by atoms with Gasteiger partial charge in [-0.2, -0.15) is 4.31 Å². The molecule has 1 unspecified atom stereocenters. The van der Waals surface area contributed by atoms with Gasteiger partial charge in [-0.15, -0.1) is 11.3 Å². The van der Waals surface area contributed by atoms with Gasteiger partial charge in [0.05, 0.1) is 3.79 Å². The molecule has 1 aromatic rings. The van der Waals surface area contributed by atoms with Gasteiger partial charge in [0.25, 0.3) is 10.0 Å². The van der Waals surface area contributed by atoms with Crippen LogP contribution in [0.2, 0.25) is 0 Å². The molecule has 0 N–H and O–H groups in total. The molecule has 0 bridgehead atoms.